The molecule has 2 atom stereocenters. The number of thioether (sulfide) groups is 1. The number of hydrogen-bond acceptors (Lipinski definition) is 4. The Morgan fingerprint density at radius 3 is 2.39 bits per heavy atom. The van der Waals surface area contributed by atoms with Gasteiger partial charge in [-0.15, -0.1) is 0 Å². The number of anilines is 1. The zero-order valence-electron chi connectivity index (χ0n) is 16.6. The van der Waals surface area contributed by atoms with Crippen molar-refractivity contribution in [2.75, 3.05) is 24.2 Å². The van der Waals surface area contributed by atoms with Gasteiger partial charge in [-0.1, -0.05) is 18.2 Å². The van der Waals surface area contributed by atoms with E-state index in [2.05, 4.69) is 5.32 Å². The minimum atomic E-state index is -0.269. The van der Waals surface area contributed by atoms with Crippen LogP contribution in [0.2, 0.25) is 0 Å². The summed E-state index contributed by atoms with van der Waals surface area (Å²) < 4.78 is 20.4. The lowest BCUT2D eigenvalue weighted by molar-refractivity contribution is -0.00539. The highest BCUT2D eigenvalue weighted by molar-refractivity contribution is 7.97. The Bertz CT molecular complexity index is 803. The first-order valence-electron chi connectivity index (χ1n) is 9.51. The van der Waals surface area contributed by atoms with Crippen molar-refractivity contribution in [1.29, 1.82) is 0 Å². The zero-order valence-corrected chi connectivity index (χ0v) is 17.4. The molecule has 0 spiro atoms. The topological polar surface area (TPSA) is 41.6 Å². The lowest BCUT2D eigenvalue weighted by Crippen LogP contribution is -2.45. The van der Waals surface area contributed by atoms with E-state index in [1.807, 2.05) is 55.3 Å². The van der Waals surface area contributed by atoms with Gasteiger partial charge in [0.05, 0.1) is 17.9 Å². The zero-order chi connectivity index (χ0) is 20.1. The Kier molecular flexibility index (Phi) is 6.97. The maximum absolute atomic E-state index is 14.7. The van der Waals surface area contributed by atoms with Gasteiger partial charge >= 0.3 is 0 Å². The second-order valence-electron chi connectivity index (χ2n) is 7.26. The van der Waals surface area contributed by atoms with Crippen LogP contribution in [0.15, 0.2) is 42.5 Å². The summed E-state index contributed by atoms with van der Waals surface area (Å²) >= 11 is 1.74. The van der Waals surface area contributed by atoms with E-state index in [0.717, 1.165) is 11.3 Å². The minimum Gasteiger partial charge on any atom is -0.372 e. The fourth-order valence-electron chi connectivity index (χ4n) is 3.49. The van der Waals surface area contributed by atoms with Crippen LogP contribution in [-0.4, -0.2) is 37.5 Å². The van der Waals surface area contributed by atoms with Gasteiger partial charge in [-0.05, 0) is 55.5 Å². The maximum atomic E-state index is 14.7. The van der Waals surface area contributed by atoms with Crippen molar-refractivity contribution in [3.8, 4) is 0 Å². The third-order valence-corrected chi connectivity index (χ3v) is 5.37. The molecule has 1 N–H and O–H groups in total. The van der Waals surface area contributed by atoms with Gasteiger partial charge in [0.1, 0.15) is 5.82 Å². The third kappa shape index (κ3) is 5.26. The van der Waals surface area contributed by atoms with Crippen LogP contribution in [-0.2, 0) is 17.0 Å². The molecule has 2 unspecified atom stereocenters. The summed E-state index contributed by atoms with van der Waals surface area (Å²) in [7, 11) is 0. The Hall–Kier alpha value is -2.05. The van der Waals surface area contributed by atoms with Crippen molar-refractivity contribution in [3.63, 3.8) is 0 Å². The number of nitrogens with zero attached hydrogens (tertiary/aromatic N) is 1. The van der Waals surface area contributed by atoms with Crippen LogP contribution in [0.4, 0.5) is 10.1 Å². The Morgan fingerprint density at radius 2 is 1.79 bits per heavy atom. The predicted molar refractivity (Wildman–Crippen MR) is 113 cm³/mol. The number of benzene rings is 2. The molecule has 0 bridgehead atoms. The summed E-state index contributed by atoms with van der Waals surface area (Å²) in [6.45, 7) is 5.63. The van der Waals surface area contributed by atoms with E-state index < -0.39 is 0 Å². The minimum absolute atomic E-state index is 0.0735. The molecule has 150 valence electrons. The number of nitrogens with one attached hydrogen (secondary N) is 1. The number of amides is 1. The summed E-state index contributed by atoms with van der Waals surface area (Å²) in [4.78, 5) is 14.3. The normalized spacial score (nSPS) is 19.5. The number of rotatable bonds is 6. The van der Waals surface area contributed by atoms with E-state index in [1.54, 1.807) is 17.8 Å². The van der Waals surface area contributed by atoms with Crippen molar-refractivity contribution in [2.24, 2.45) is 0 Å². The average molecular weight is 403 g/mol. The molecule has 4 nitrogen and oxygen atoms in total. The van der Waals surface area contributed by atoms with E-state index in [0.29, 0.717) is 30.9 Å². The second-order valence-corrected chi connectivity index (χ2v) is 8.13. The fraction of sp³-hybridized carbons (Fsp3) is 0.409. The number of carbonyl (C=O) groups is 1. The van der Waals surface area contributed by atoms with E-state index in [1.165, 1.54) is 11.6 Å². The summed E-state index contributed by atoms with van der Waals surface area (Å²) in [6, 6.07) is 12.7. The molecule has 2 aromatic carbocycles. The van der Waals surface area contributed by atoms with Crippen LogP contribution < -0.4 is 10.2 Å². The standard InChI is InChI=1S/C22H27FN2O2S/c1-15-12-25(13-16(2)27-15)21-9-6-18(10-20(21)23)11-24-22(26)19-7-4-17(5-8-19)14-28-3/h4-10,15-16H,11-14H2,1-3H3,(H,24,26). The van der Waals surface area contributed by atoms with Crippen LogP contribution in [0.1, 0.15) is 35.3 Å². The molecule has 1 aliphatic rings. The van der Waals surface area contributed by atoms with Gasteiger partial charge in [0, 0.05) is 31.0 Å². The van der Waals surface area contributed by atoms with E-state index in [4.69, 9.17) is 4.74 Å². The van der Waals surface area contributed by atoms with E-state index >= 15 is 0 Å². The molecule has 2 aromatic rings. The first-order valence-corrected chi connectivity index (χ1v) is 10.9. The molecule has 1 fully saturated rings. The van der Waals surface area contributed by atoms with Crippen molar-refractivity contribution in [2.45, 2.75) is 38.4 Å². The first kappa shape index (κ1) is 20.7. The number of hydrogen-bond donors (Lipinski definition) is 1. The molecule has 1 heterocycles. The molecule has 3 rings (SSSR count). The molecular formula is C22H27FN2O2S. The summed E-state index contributed by atoms with van der Waals surface area (Å²) in [5.41, 5.74) is 3.12. The molecule has 28 heavy (non-hydrogen) atoms. The number of morpholine rings is 1. The van der Waals surface area contributed by atoms with Crippen LogP contribution >= 0.6 is 11.8 Å². The Balaban J connectivity index is 1.60. The molecule has 0 aromatic heterocycles. The Morgan fingerprint density at radius 1 is 1.14 bits per heavy atom. The molecular weight excluding hydrogens is 375 g/mol. The highest BCUT2D eigenvalue weighted by atomic mass is 32.2. The monoisotopic (exact) mass is 402 g/mol. The third-order valence-electron chi connectivity index (χ3n) is 4.75. The fourth-order valence-corrected chi connectivity index (χ4v) is 4.02. The molecule has 1 saturated heterocycles. The smallest absolute Gasteiger partial charge is 0.251 e. The van der Waals surface area contributed by atoms with E-state index in [-0.39, 0.29) is 23.9 Å². The highest BCUT2D eigenvalue weighted by Gasteiger charge is 2.24. The first-order chi connectivity index (χ1) is 13.5. The van der Waals surface area contributed by atoms with Gasteiger partial charge < -0.3 is 15.0 Å². The van der Waals surface area contributed by atoms with Gasteiger partial charge in [0.2, 0.25) is 0 Å². The lowest BCUT2D eigenvalue weighted by Gasteiger charge is -2.37. The van der Waals surface area contributed by atoms with Crippen molar-refractivity contribution >= 4 is 23.4 Å². The van der Waals surface area contributed by atoms with Gasteiger partial charge in [0.25, 0.3) is 5.91 Å². The molecule has 6 heteroatoms. The molecule has 1 amide bonds. The predicted octanol–water partition coefficient (Wildman–Crippen LogP) is 4.23. The van der Waals surface area contributed by atoms with Gasteiger partial charge in [-0.2, -0.15) is 11.8 Å². The highest BCUT2D eigenvalue weighted by Crippen LogP contribution is 2.24. The molecule has 1 aliphatic heterocycles. The SMILES string of the molecule is CSCc1ccc(C(=O)NCc2ccc(N3CC(C)OC(C)C3)c(F)c2)cc1. The van der Waals surface area contributed by atoms with Crippen LogP contribution in [0.25, 0.3) is 0 Å². The number of ether oxygens (including phenoxy) is 1. The maximum Gasteiger partial charge on any atom is 0.251 e. The molecule has 0 aliphatic carbocycles. The summed E-state index contributed by atoms with van der Waals surface area (Å²) in [6.07, 6.45) is 2.19. The largest absolute Gasteiger partial charge is 0.372 e. The van der Waals surface area contributed by atoms with Crippen molar-refractivity contribution in [3.05, 3.63) is 65.0 Å². The summed E-state index contributed by atoms with van der Waals surface area (Å²) in [5.74, 6) is 0.499. The average Bonchev–Trinajstić information content (AvgIpc) is 2.66. The molecule has 0 saturated carbocycles. The van der Waals surface area contributed by atoms with Crippen LogP contribution in [0.3, 0.4) is 0 Å². The Labute approximate surface area is 170 Å². The number of halogens is 1. The van der Waals surface area contributed by atoms with Crippen molar-refractivity contribution < 1.29 is 13.9 Å². The van der Waals surface area contributed by atoms with Gasteiger partial charge in [-0.3, -0.25) is 4.79 Å². The quantitative estimate of drug-likeness (QED) is 0.785. The van der Waals surface area contributed by atoms with Crippen LogP contribution in [0.5, 0.6) is 0 Å². The summed E-state index contributed by atoms with van der Waals surface area (Å²) in [5, 5.41) is 2.86. The molecule has 0 radical (unpaired) electrons. The van der Waals surface area contributed by atoms with Crippen LogP contribution in [0, 0.1) is 5.82 Å². The van der Waals surface area contributed by atoms with Gasteiger partial charge in [-0.25, -0.2) is 4.39 Å². The lowest BCUT2D eigenvalue weighted by atomic mass is 10.1. The van der Waals surface area contributed by atoms with E-state index in [9.17, 15) is 9.18 Å². The number of carbonyl (C=O) groups excluding carboxylic acids is 1. The van der Waals surface area contributed by atoms with Crippen molar-refractivity contribution in [1.82, 2.24) is 5.32 Å². The van der Waals surface area contributed by atoms with Gasteiger partial charge in [0.15, 0.2) is 0 Å². The second kappa shape index (κ2) is 9.43.